The SMILES string of the molecule is Cc1nn(-c2ccccc2)c2c1[C@H](c1cccnc1)C1=C(C[C@H](c3cccs3)CC1=O)N2. The van der Waals surface area contributed by atoms with Crippen LogP contribution in [0.25, 0.3) is 5.69 Å². The van der Waals surface area contributed by atoms with Gasteiger partial charge in [-0.1, -0.05) is 30.3 Å². The Balaban J connectivity index is 1.54. The van der Waals surface area contributed by atoms with Crippen molar-refractivity contribution in [2.45, 2.75) is 31.6 Å². The Hall–Kier alpha value is -3.51. The van der Waals surface area contributed by atoms with Crippen molar-refractivity contribution in [3.05, 3.63) is 105 Å². The van der Waals surface area contributed by atoms with Crippen molar-refractivity contribution in [2.75, 3.05) is 5.32 Å². The summed E-state index contributed by atoms with van der Waals surface area (Å²) in [6.45, 7) is 2.02. The monoisotopic (exact) mass is 438 g/mol. The summed E-state index contributed by atoms with van der Waals surface area (Å²) in [4.78, 5) is 19.2. The fourth-order valence-corrected chi connectivity index (χ4v) is 5.87. The maximum Gasteiger partial charge on any atom is 0.162 e. The number of aromatic nitrogens is 3. The summed E-state index contributed by atoms with van der Waals surface area (Å²) in [5.41, 5.74) is 5.89. The Morgan fingerprint density at radius 3 is 2.69 bits per heavy atom. The molecule has 4 heterocycles. The maximum atomic E-state index is 13.6. The second-order valence-electron chi connectivity index (χ2n) is 8.38. The first-order valence-corrected chi connectivity index (χ1v) is 11.7. The molecule has 0 fully saturated rings. The third-order valence-electron chi connectivity index (χ3n) is 6.43. The molecule has 0 bridgehead atoms. The smallest absolute Gasteiger partial charge is 0.162 e. The number of nitrogens with zero attached hydrogens (tertiary/aromatic N) is 3. The molecule has 2 atom stereocenters. The molecule has 4 aromatic rings. The number of para-hydroxylation sites is 1. The van der Waals surface area contributed by atoms with E-state index in [1.165, 1.54) is 4.88 Å². The highest BCUT2D eigenvalue weighted by atomic mass is 32.1. The van der Waals surface area contributed by atoms with Crippen LogP contribution in [0.2, 0.25) is 0 Å². The van der Waals surface area contributed by atoms with Gasteiger partial charge in [0.2, 0.25) is 0 Å². The minimum Gasteiger partial charge on any atom is -0.343 e. The first kappa shape index (κ1) is 19.2. The lowest BCUT2D eigenvalue weighted by molar-refractivity contribution is -0.116. The first-order valence-electron chi connectivity index (χ1n) is 10.8. The largest absolute Gasteiger partial charge is 0.343 e. The van der Waals surface area contributed by atoms with Gasteiger partial charge in [-0.15, -0.1) is 11.3 Å². The van der Waals surface area contributed by atoms with E-state index in [1.54, 1.807) is 17.5 Å². The highest BCUT2D eigenvalue weighted by Crippen LogP contribution is 2.49. The third kappa shape index (κ3) is 3.02. The molecule has 1 N–H and O–H groups in total. The van der Waals surface area contributed by atoms with Gasteiger partial charge in [-0.2, -0.15) is 5.10 Å². The molecule has 0 saturated carbocycles. The van der Waals surface area contributed by atoms with Crippen LogP contribution in [0.1, 0.15) is 46.4 Å². The molecule has 1 aromatic carbocycles. The molecule has 32 heavy (non-hydrogen) atoms. The number of pyridine rings is 1. The molecule has 0 spiro atoms. The molecule has 6 rings (SSSR count). The number of ketones is 1. The molecule has 5 nitrogen and oxygen atoms in total. The maximum absolute atomic E-state index is 13.6. The fraction of sp³-hybridized carbons (Fsp3) is 0.192. The van der Waals surface area contributed by atoms with Crippen molar-refractivity contribution in [2.24, 2.45) is 0 Å². The molecule has 0 unspecified atom stereocenters. The Morgan fingerprint density at radius 2 is 1.94 bits per heavy atom. The predicted molar refractivity (Wildman–Crippen MR) is 126 cm³/mol. The number of hydrogen-bond acceptors (Lipinski definition) is 5. The number of aryl methyl sites for hydroxylation is 1. The number of Topliss-reactive ketones (excluding diaryl/α,β-unsaturated/α-hetero) is 1. The van der Waals surface area contributed by atoms with Crippen molar-refractivity contribution in [3.63, 3.8) is 0 Å². The Labute approximate surface area is 190 Å². The normalized spacial score (nSPS) is 20.0. The molecule has 0 amide bonds. The number of rotatable bonds is 3. The summed E-state index contributed by atoms with van der Waals surface area (Å²) in [5, 5.41) is 10.6. The number of thiophene rings is 1. The van der Waals surface area contributed by atoms with E-state index in [4.69, 9.17) is 5.10 Å². The zero-order chi connectivity index (χ0) is 21.7. The highest BCUT2D eigenvalue weighted by Gasteiger charge is 2.41. The third-order valence-corrected chi connectivity index (χ3v) is 7.46. The number of carbonyl (C=O) groups excluding carboxylic acids is 1. The highest BCUT2D eigenvalue weighted by molar-refractivity contribution is 7.10. The Morgan fingerprint density at radius 1 is 1.06 bits per heavy atom. The minimum atomic E-state index is -0.163. The van der Waals surface area contributed by atoms with E-state index in [0.29, 0.717) is 6.42 Å². The fourth-order valence-electron chi connectivity index (χ4n) is 5.04. The zero-order valence-electron chi connectivity index (χ0n) is 17.7. The summed E-state index contributed by atoms with van der Waals surface area (Å²) >= 11 is 1.73. The van der Waals surface area contributed by atoms with E-state index in [9.17, 15) is 4.79 Å². The molecule has 3 aromatic heterocycles. The van der Waals surface area contributed by atoms with E-state index < -0.39 is 0 Å². The lowest BCUT2D eigenvalue weighted by atomic mass is 9.73. The van der Waals surface area contributed by atoms with Gasteiger partial charge < -0.3 is 5.32 Å². The minimum absolute atomic E-state index is 0.163. The second kappa shape index (κ2) is 7.57. The van der Waals surface area contributed by atoms with Crippen molar-refractivity contribution >= 4 is 22.9 Å². The predicted octanol–water partition coefficient (Wildman–Crippen LogP) is 5.60. The van der Waals surface area contributed by atoms with E-state index in [2.05, 4.69) is 46.0 Å². The van der Waals surface area contributed by atoms with Gasteiger partial charge in [-0.25, -0.2) is 4.68 Å². The van der Waals surface area contributed by atoms with E-state index >= 15 is 0 Å². The molecule has 0 saturated heterocycles. The Kier molecular flexibility index (Phi) is 4.54. The van der Waals surface area contributed by atoms with Crippen LogP contribution in [0.3, 0.4) is 0 Å². The quantitative estimate of drug-likeness (QED) is 0.453. The van der Waals surface area contributed by atoms with Crippen molar-refractivity contribution in [1.29, 1.82) is 0 Å². The number of nitrogens with one attached hydrogen (secondary N) is 1. The average Bonchev–Trinajstić information content (AvgIpc) is 3.48. The molecule has 1 aliphatic carbocycles. The molecule has 2 aliphatic rings. The van der Waals surface area contributed by atoms with Crippen LogP contribution < -0.4 is 5.32 Å². The summed E-state index contributed by atoms with van der Waals surface area (Å²) in [7, 11) is 0. The van der Waals surface area contributed by atoms with Crippen molar-refractivity contribution < 1.29 is 4.79 Å². The topological polar surface area (TPSA) is 59.8 Å². The second-order valence-corrected chi connectivity index (χ2v) is 9.35. The average molecular weight is 439 g/mol. The number of hydrogen-bond donors (Lipinski definition) is 1. The first-order chi connectivity index (χ1) is 15.7. The van der Waals surface area contributed by atoms with E-state index in [0.717, 1.165) is 46.0 Å². The van der Waals surface area contributed by atoms with E-state index in [-0.39, 0.29) is 17.6 Å². The van der Waals surface area contributed by atoms with Gasteiger partial charge in [0.15, 0.2) is 5.78 Å². The van der Waals surface area contributed by atoms with Crippen LogP contribution in [0, 0.1) is 6.92 Å². The summed E-state index contributed by atoms with van der Waals surface area (Å²) in [6.07, 6.45) is 5.01. The standard InChI is InChI=1S/C26H22N4OS/c1-16-23-24(17-7-5-11-27-15-17)25-20(13-18(14-21(25)31)22-10-6-12-32-22)28-26(23)30(29-16)19-8-3-2-4-9-19/h2-12,15,18,24,28H,13-14H2,1H3/t18-,24-/m0/s1. The van der Waals surface area contributed by atoms with Crippen LogP contribution in [0.15, 0.2) is 83.6 Å². The van der Waals surface area contributed by atoms with Crippen LogP contribution in [0.5, 0.6) is 0 Å². The Bertz CT molecular complexity index is 1320. The van der Waals surface area contributed by atoms with Crippen LogP contribution >= 0.6 is 11.3 Å². The van der Waals surface area contributed by atoms with E-state index in [1.807, 2.05) is 42.1 Å². The van der Waals surface area contributed by atoms with Gasteiger partial charge >= 0.3 is 0 Å². The number of allylic oxidation sites excluding steroid dienone is 2. The lowest BCUT2D eigenvalue weighted by Crippen LogP contribution is -2.30. The summed E-state index contributed by atoms with van der Waals surface area (Å²) in [5.74, 6) is 1.20. The zero-order valence-corrected chi connectivity index (χ0v) is 18.5. The molecular formula is C26H22N4OS. The summed E-state index contributed by atoms with van der Waals surface area (Å²) in [6, 6.07) is 18.3. The molecular weight excluding hydrogens is 416 g/mol. The van der Waals surface area contributed by atoms with Crippen molar-refractivity contribution in [3.8, 4) is 5.69 Å². The number of carbonyl (C=O) groups is 1. The van der Waals surface area contributed by atoms with Gasteiger partial charge in [0.25, 0.3) is 0 Å². The van der Waals surface area contributed by atoms with Crippen molar-refractivity contribution in [1.82, 2.24) is 14.8 Å². The van der Waals surface area contributed by atoms with Gasteiger partial charge in [0, 0.05) is 52.4 Å². The van der Waals surface area contributed by atoms with Gasteiger partial charge in [-0.05, 0) is 48.6 Å². The van der Waals surface area contributed by atoms with Crippen LogP contribution in [0.4, 0.5) is 5.82 Å². The summed E-state index contributed by atoms with van der Waals surface area (Å²) < 4.78 is 1.97. The molecule has 6 heteroatoms. The molecule has 158 valence electrons. The van der Waals surface area contributed by atoms with Crippen LogP contribution in [-0.4, -0.2) is 20.5 Å². The number of fused-ring (bicyclic) bond motifs is 1. The molecule has 0 radical (unpaired) electrons. The van der Waals surface area contributed by atoms with Gasteiger partial charge in [0.05, 0.1) is 11.4 Å². The van der Waals surface area contributed by atoms with Crippen LogP contribution in [-0.2, 0) is 4.79 Å². The number of anilines is 1. The van der Waals surface area contributed by atoms with Gasteiger partial charge in [-0.3, -0.25) is 9.78 Å². The van der Waals surface area contributed by atoms with Gasteiger partial charge in [0.1, 0.15) is 5.82 Å². The lowest BCUT2D eigenvalue weighted by Gasteiger charge is -2.35. The number of benzene rings is 1. The molecule has 1 aliphatic heterocycles.